The van der Waals surface area contributed by atoms with Gasteiger partial charge < -0.3 is 10.2 Å². The van der Waals surface area contributed by atoms with Gasteiger partial charge in [0, 0.05) is 23.0 Å². The fourth-order valence-corrected chi connectivity index (χ4v) is 2.01. The standard InChI is InChI=1S/C16H12N2O2/c19-15-9-14(18-10-11-5-3-4-8-17-11)16(20)13-7-2-1-6-12(13)15/h1-10,19-20H. The number of fused-ring (bicyclic) bond motifs is 1. The largest absolute Gasteiger partial charge is 0.507 e. The maximum absolute atomic E-state index is 10.2. The van der Waals surface area contributed by atoms with E-state index in [1.165, 1.54) is 6.07 Å². The second-order valence-corrected chi connectivity index (χ2v) is 4.32. The molecule has 3 rings (SSSR count). The first-order chi connectivity index (χ1) is 9.75. The number of phenolic OH excluding ortho intramolecular Hbond substituents is 2. The highest BCUT2D eigenvalue weighted by Gasteiger charge is 2.09. The minimum atomic E-state index is 0.0468. The minimum absolute atomic E-state index is 0.0468. The van der Waals surface area contributed by atoms with Gasteiger partial charge >= 0.3 is 0 Å². The van der Waals surface area contributed by atoms with E-state index in [2.05, 4.69) is 9.98 Å². The highest BCUT2D eigenvalue weighted by Crippen LogP contribution is 2.39. The smallest absolute Gasteiger partial charge is 0.149 e. The Bertz CT molecular complexity index is 783. The van der Waals surface area contributed by atoms with Crippen molar-refractivity contribution >= 4 is 22.7 Å². The Morgan fingerprint density at radius 1 is 0.950 bits per heavy atom. The molecule has 0 aliphatic carbocycles. The summed E-state index contributed by atoms with van der Waals surface area (Å²) in [4.78, 5) is 8.30. The van der Waals surface area contributed by atoms with E-state index in [0.717, 1.165) is 0 Å². The van der Waals surface area contributed by atoms with Crippen LogP contribution in [0.25, 0.3) is 10.8 Å². The van der Waals surface area contributed by atoms with Gasteiger partial charge in [-0.15, -0.1) is 0 Å². The zero-order chi connectivity index (χ0) is 13.9. The van der Waals surface area contributed by atoms with Gasteiger partial charge in [-0.2, -0.15) is 0 Å². The Hall–Kier alpha value is -2.88. The zero-order valence-corrected chi connectivity index (χ0v) is 10.6. The molecule has 2 aromatic carbocycles. The topological polar surface area (TPSA) is 65.7 Å². The van der Waals surface area contributed by atoms with Crippen molar-refractivity contribution in [1.82, 2.24) is 4.98 Å². The molecule has 0 aliphatic heterocycles. The van der Waals surface area contributed by atoms with Crippen molar-refractivity contribution in [2.45, 2.75) is 0 Å². The number of rotatable bonds is 2. The predicted molar refractivity (Wildman–Crippen MR) is 78.8 cm³/mol. The molecule has 0 amide bonds. The number of hydrogen-bond acceptors (Lipinski definition) is 4. The lowest BCUT2D eigenvalue weighted by molar-refractivity contribution is 0.471. The molecule has 0 fully saturated rings. The second kappa shape index (κ2) is 5.01. The Labute approximate surface area is 115 Å². The molecule has 0 saturated carbocycles. The van der Waals surface area contributed by atoms with Crippen LogP contribution in [0.3, 0.4) is 0 Å². The van der Waals surface area contributed by atoms with Gasteiger partial charge in [-0.05, 0) is 12.1 Å². The fraction of sp³-hybridized carbons (Fsp3) is 0. The van der Waals surface area contributed by atoms with Crippen LogP contribution in [0.5, 0.6) is 11.5 Å². The molecule has 0 atom stereocenters. The van der Waals surface area contributed by atoms with Crippen molar-refractivity contribution < 1.29 is 10.2 Å². The average Bonchev–Trinajstić information content (AvgIpc) is 2.50. The number of pyridine rings is 1. The van der Waals surface area contributed by atoms with Gasteiger partial charge in [0.1, 0.15) is 17.2 Å². The lowest BCUT2D eigenvalue weighted by Gasteiger charge is -2.06. The Balaban J connectivity index is 2.09. The molecule has 0 spiro atoms. The molecule has 2 N–H and O–H groups in total. The molecule has 0 radical (unpaired) electrons. The van der Waals surface area contributed by atoms with Crippen LogP contribution in [0.4, 0.5) is 5.69 Å². The SMILES string of the molecule is Oc1cc(N=Cc2ccccn2)c(O)c2ccccc12. The van der Waals surface area contributed by atoms with Crippen LogP contribution < -0.4 is 0 Å². The van der Waals surface area contributed by atoms with Gasteiger partial charge in [0.15, 0.2) is 0 Å². The van der Waals surface area contributed by atoms with Gasteiger partial charge in [-0.1, -0.05) is 30.3 Å². The third-order valence-corrected chi connectivity index (χ3v) is 3.00. The number of aromatic nitrogens is 1. The van der Waals surface area contributed by atoms with Crippen LogP contribution in [0.15, 0.2) is 59.7 Å². The quantitative estimate of drug-likeness (QED) is 0.550. The third-order valence-electron chi connectivity index (χ3n) is 3.00. The van der Waals surface area contributed by atoms with Crippen molar-refractivity contribution in [3.8, 4) is 11.5 Å². The maximum Gasteiger partial charge on any atom is 0.149 e. The van der Waals surface area contributed by atoms with E-state index in [0.29, 0.717) is 22.2 Å². The Morgan fingerprint density at radius 2 is 1.70 bits per heavy atom. The Kier molecular flexibility index (Phi) is 3.05. The van der Waals surface area contributed by atoms with Crippen molar-refractivity contribution in [2.75, 3.05) is 0 Å². The normalized spacial score (nSPS) is 11.2. The van der Waals surface area contributed by atoms with E-state index in [1.54, 1.807) is 42.7 Å². The lowest BCUT2D eigenvalue weighted by atomic mass is 10.1. The van der Waals surface area contributed by atoms with Gasteiger partial charge in [0.2, 0.25) is 0 Å². The summed E-state index contributed by atoms with van der Waals surface area (Å²) in [5.74, 6) is 0.136. The average molecular weight is 264 g/mol. The van der Waals surface area contributed by atoms with Crippen LogP contribution in [0.2, 0.25) is 0 Å². The number of benzene rings is 2. The second-order valence-electron chi connectivity index (χ2n) is 4.32. The lowest BCUT2D eigenvalue weighted by Crippen LogP contribution is -1.84. The summed E-state index contributed by atoms with van der Waals surface area (Å²) < 4.78 is 0. The molecule has 4 heteroatoms. The predicted octanol–water partition coefficient (Wildman–Crippen LogP) is 3.40. The first kappa shape index (κ1) is 12.2. The molecule has 98 valence electrons. The molecular weight excluding hydrogens is 252 g/mol. The summed E-state index contributed by atoms with van der Waals surface area (Å²) in [5, 5.41) is 21.3. The van der Waals surface area contributed by atoms with Crippen LogP contribution in [-0.2, 0) is 0 Å². The first-order valence-corrected chi connectivity index (χ1v) is 6.14. The number of nitrogens with zero attached hydrogens (tertiary/aromatic N) is 2. The summed E-state index contributed by atoms with van der Waals surface area (Å²) in [6.45, 7) is 0. The molecule has 0 aliphatic rings. The highest BCUT2D eigenvalue weighted by atomic mass is 16.3. The summed E-state index contributed by atoms with van der Waals surface area (Å²) in [7, 11) is 0. The van der Waals surface area contributed by atoms with E-state index in [9.17, 15) is 10.2 Å². The van der Waals surface area contributed by atoms with Crippen molar-refractivity contribution in [3.63, 3.8) is 0 Å². The number of aromatic hydroxyl groups is 2. The van der Waals surface area contributed by atoms with E-state index in [-0.39, 0.29) is 11.5 Å². The van der Waals surface area contributed by atoms with Crippen LogP contribution >= 0.6 is 0 Å². The maximum atomic E-state index is 10.2. The van der Waals surface area contributed by atoms with E-state index in [1.807, 2.05) is 12.1 Å². The minimum Gasteiger partial charge on any atom is -0.507 e. The summed E-state index contributed by atoms with van der Waals surface area (Å²) >= 11 is 0. The summed E-state index contributed by atoms with van der Waals surface area (Å²) in [6.07, 6.45) is 3.21. The van der Waals surface area contributed by atoms with Crippen LogP contribution in [0, 0.1) is 0 Å². The van der Waals surface area contributed by atoms with Gasteiger partial charge in [0.05, 0.1) is 11.9 Å². The van der Waals surface area contributed by atoms with E-state index in [4.69, 9.17) is 0 Å². The summed E-state index contributed by atoms with van der Waals surface area (Å²) in [5.41, 5.74) is 0.992. The van der Waals surface area contributed by atoms with Gasteiger partial charge in [-0.25, -0.2) is 0 Å². The third kappa shape index (κ3) is 2.19. The molecule has 0 unspecified atom stereocenters. The molecule has 3 aromatic rings. The van der Waals surface area contributed by atoms with Crippen LogP contribution in [0.1, 0.15) is 5.69 Å². The van der Waals surface area contributed by atoms with Crippen molar-refractivity contribution in [3.05, 3.63) is 60.4 Å². The van der Waals surface area contributed by atoms with Crippen LogP contribution in [-0.4, -0.2) is 21.4 Å². The van der Waals surface area contributed by atoms with Gasteiger partial charge in [-0.3, -0.25) is 9.98 Å². The van der Waals surface area contributed by atoms with Crippen molar-refractivity contribution in [1.29, 1.82) is 0 Å². The number of hydrogen-bond donors (Lipinski definition) is 2. The highest BCUT2D eigenvalue weighted by molar-refractivity contribution is 5.97. The Morgan fingerprint density at radius 3 is 2.45 bits per heavy atom. The number of aliphatic imine (C=N–C) groups is 1. The fourth-order valence-electron chi connectivity index (χ4n) is 2.01. The molecule has 4 nitrogen and oxygen atoms in total. The first-order valence-electron chi connectivity index (χ1n) is 6.14. The zero-order valence-electron chi connectivity index (χ0n) is 10.6. The monoisotopic (exact) mass is 264 g/mol. The summed E-state index contributed by atoms with van der Waals surface area (Å²) in [6, 6.07) is 14.0. The molecule has 0 bridgehead atoms. The molecule has 1 heterocycles. The van der Waals surface area contributed by atoms with E-state index >= 15 is 0 Å². The molecule has 1 aromatic heterocycles. The molecule has 20 heavy (non-hydrogen) atoms. The van der Waals surface area contributed by atoms with E-state index < -0.39 is 0 Å². The molecular formula is C16H12N2O2. The molecule has 0 saturated heterocycles. The number of phenols is 2. The van der Waals surface area contributed by atoms with Crippen molar-refractivity contribution in [2.24, 2.45) is 4.99 Å². The van der Waals surface area contributed by atoms with Gasteiger partial charge in [0.25, 0.3) is 0 Å².